The average molecular weight is 502 g/mol. The first kappa shape index (κ1) is 24.6. The van der Waals surface area contributed by atoms with Gasteiger partial charge in [0.2, 0.25) is 0 Å². The molecule has 2 aliphatic carbocycles. The van der Waals surface area contributed by atoms with Crippen molar-refractivity contribution in [2.75, 3.05) is 11.9 Å². The highest BCUT2D eigenvalue weighted by Gasteiger charge is 2.65. The minimum Gasteiger partial charge on any atom is -0.491 e. The summed E-state index contributed by atoms with van der Waals surface area (Å²) in [5.74, 6) is -0.594. The van der Waals surface area contributed by atoms with Gasteiger partial charge in [0.1, 0.15) is 24.1 Å². The third-order valence-electron chi connectivity index (χ3n) is 8.08. The molecule has 5 atom stereocenters. The molecule has 3 heterocycles. The van der Waals surface area contributed by atoms with Crippen molar-refractivity contribution in [1.82, 2.24) is 0 Å². The Labute approximate surface area is 213 Å². The zero-order valence-electron chi connectivity index (χ0n) is 21.4. The molecule has 5 fully saturated rings. The van der Waals surface area contributed by atoms with Crippen LogP contribution < -0.4 is 10.1 Å². The van der Waals surface area contributed by atoms with Gasteiger partial charge in [0.05, 0.1) is 12.3 Å². The number of ether oxygens (including phenoxy) is 6. The number of benzene rings is 1. The number of hydrogen-bond acceptors (Lipinski definition) is 7. The molecule has 1 N–H and O–H groups in total. The zero-order chi connectivity index (χ0) is 24.8. The van der Waals surface area contributed by atoms with Crippen LogP contribution in [-0.2, 0) is 28.5 Å². The van der Waals surface area contributed by atoms with Gasteiger partial charge >= 0.3 is 0 Å². The van der Waals surface area contributed by atoms with Gasteiger partial charge in [-0.15, -0.1) is 0 Å². The van der Waals surface area contributed by atoms with Crippen LogP contribution in [0, 0.1) is 5.92 Å². The van der Waals surface area contributed by atoms with Crippen LogP contribution in [0.5, 0.6) is 5.75 Å². The molecule has 0 aromatic heterocycles. The number of fused-ring (bicyclic) bond motifs is 3. The second-order valence-electron chi connectivity index (χ2n) is 11.4. The Hall–Kier alpha value is -1.71. The van der Waals surface area contributed by atoms with E-state index in [1.165, 1.54) is 12.8 Å². The van der Waals surface area contributed by atoms with Crippen molar-refractivity contribution in [3.63, 3.8) is 0 Å². The lowest BCUT2D eigenvalue weighted by Crippen LogP contribution is -2.58. The molecule has 0 bridgehead atoms. The Morgan fingerprint density at radius 2 is 1.50 bits per heavy atom. The lowest BCUT2D eigenvalue weighted by molar-refractivity contribution is -0.246. The van der Waals surface area contributed by atoms with E-state index in [1.54, 1.807) is 0 Å². The number of anilines is 1. The van der Waals surface area contributed by atoms with E-state index in [4.69, 9.17) is 28.4 Å². The van der Waals surface area contributed by atoms with Gasteiger partial charge in [-0.3, -0.25) is 4.79 Å². The van der Waals surface area contributed by atoms with Crippen molar-refractivity contribution in [1.29, 1.82) is 0 Å². The van der Waals surface area contributed by atoms with Crippen LogP contribution >= 0.6 is 0 Å². The van der Waals surface area contributed by atoms with Crippen LogP contribution in [0.15, 0.2) is 24.3 Å². The Morgan fingerprint density at radius 1 is 0.889 bits per heavy atom. The predicted octanol–water partition coefficient (Wildman–Crippen LogP) is 4.91. The SMILES string of the molecule is CC(C)COc1ccccc1NC(=O)[C@@H]1O[C@@H]2OC3(CCCCC3)O[C@H]2[C@H]2OC3(CCCCC3)O[C@@H]21. The smallest absolute Gasteiger partial charge is 0.256 e. The molecular weight excluding hydrogens is 462 g/mol. The van der Waals surface area contributed by atoms with Gasteiger partial charge in [-0.1, -0.05) is 38.8 Å². The molecule has 3 aliphatic heterocycles. The van der Waals surface area contributed by atoms with Crippen LogP contribution in [-0.4, -0.2) is 54.8 Å². The average Bonchev–Trinajstić information content (AvgIpc) is 3.41. The van der Waals surface area contributed by atoms with E-state index in [9.17, 15) is 4.79 Å². The van der Waals surface area contributed by atoms with E-state index < -0.39 is 42.3 Å². The lowest BCUT2D eigenvalue weighted by atomic mass is 9.94. The van der Waals surface area contributed by atoms with E-state index >= 15 is 0 Å². The van der Waals surface area contributed by atoms with Gasteiger partial charge in [0.15, 0.2) is 24.0 Å². The first-order valence-corrected chi connectivity index (χ1v) is 13.9. The van der Waals surface area contributed by atoms with Crippen LogP contribution in [0.1, 0.15) is 78.1 Å². The van der Waals surface area contributed by atoms with Gasteiger partial charge < -0.3 is 33.7 Å². The highest BCUT2D eigenvalue weighted by atomic mass is 16.9. The summed E-state index contributed by atoms with van der Waals surface area (Å²) in [5.41, 5.74) is 0.615. The van der Waals surface area contributed by atoms with Crippen LogP contribution in [0.2, 0.25) is 0 Å². The molecule has 3 saturated heterocycles. The molecule has 1 aromatic carbocycles. The Bertz CT molecular complexity index is 940. The van der Waals surface area contributed by atoms with E-state index in [1.807, 2.05) is 24.3 Å². The first-order valence-electron chi connectivity index (χ1n) is 13.9. The summed E-state index contributed by atoms with van der Waals surface area (Å²) in [6.45, 7) is 4.75. The van der Waals surface area contributed by atoms with E-state index in [-0.39, 0.29) is 5.91 Å². The predicted molar refractivity (Wildman–Crippen MR) is 131 cm³/mol. The standard InChI is InChI=1S/C28H39NO7/c1-18(2)17-31-20-12-6-5-11-19(20)29-25(30)23-21-22(34-27(33-21)13-7-3-8-14-27)24-26(32-23)36-28(35-24)15-9-4-10-16-28/h5-6,11-12,18,21-24,26H,3-4,7-10,13-17H2,1-2H3,(H,29,30)/t21-,22-,23+,24-,26+/m0/s1. The molecule has 5 aliphatic rings. The fraction of sp³-hybridized carbons (Fsp3) is 0.750. The van der Waals surface area contributed by atoms with Gasteiger partial charge in [-0.25, -0.2) is 0 Å². The topological polar surface area (TPSA) is 84.5 Å². The van der Waals surface area contributed by atoms with Crippen molar-refractivity contribution < 1.29 is 33.2 Å². The molecule has 2 spiro atoms. The number of hydrogen-bond donors (Lipinski definition) is 1. The Morgan fingerprint density at radius 3 is 2.19 bits per heavy atom. The number of para-hydroxylation sites is 2. The zero-order valence-corrected chi connectivity index (χ0v) is 21.4. The van der Waals surface area contributed by atoms with Crippen molar-refractivity contribution in [3.8, 4) is 5.75 Å². The number of amides is 1. The minimum atomic E-state index is -0.877. The van der Waals surface area contributed by atoms with Crippen molar-refractivity contribution in [2.24, 2.45) is 5.92 Å². The van der Waals surface area contributed by atoms with E-state index in [0.717, 1.165) is 51.4 Å². The summed E-state index contributed by atoms with van der Waals surface area (Å²) < 4.78 is 38.5. The minimum absolute atomic E-state index is 0.284. The van der Waals surface area contributed by atoms with Gasteiger partial charge in [0, 0.05) is 25.7 Å². The largest absolute Gasteiger partial charge is 0.491 e. The molecule has 2 saturated carbocycles. The van der Waals surface area contributed by atoms with Crippen molar-refractivity contribution >= 4 is 11.6 Å². The van der Waals surface area contributed by atoms with Crippen LogP contribution in [0.4, 0.5) is 5.69 Å². The fourth-order valence-electron chi connectivity index (χ4n) is 6.32. The highest BCUT2D eigenvalue weighted by molar-refractivity contribution is 5.96. The second-order valence-corrected chi connectivity index (χ2v) is 11.4. The summed E-state index contributed by atoms with van der Waals surface area (Å²) >= 11 is 0. The van der Waals surface area contributed by atoms with Gasteiger partial charge in [-0.05, 0) is 43.7 Å². The molecular formula is C28H39NO7. The van der Waals surface area contributed by atoms with Crippen molar-refractivity contribution in [3.05, 3.63) is 24.3 Å². The molecule has 6 rings (SSSR count). The number of carbonyl (C=O) groups excluding carboxylic acids is 1. The molecule has 1 amide bonds. The van der Waals surface area contributed by atoms with Gasteiger partial charge in [-0.2, -0.15) is 0 Å². The lowest BCUT2D eigenvalue weighted by Gasteiger charge is -2.36. The molecule has 0 radical (unpaired) electrons. The maximum absolute atomic E-state index is 13.7. The molecule has 8 nitrogen and oxygen atoms in total. The maximum atomic E-state index is 13.7. The summed E-state index contributed by atoms with van der Waals surface area (Å²) in [7, 11) is 0. The third-order valence-corrected chi connectivity index (χ3v) is 8.08. The third kappa shape index (κ3) is 4.67. The normalized spacial score (nSPS) is 34.5. The monoisotopic (exact) mass is 501 g/mol. The number of rotatable bonds is 5. The van der Waals surface area contributed by atoms with E-state index in [2.05, 4.69) is 19.2 Å². The first-order chi connectivity index (χ1) is 17.5. The second kappa shape index (κ2) is 9.87. The summed E-state index contributed by atoms with van der Waals surface area (Å²) in [5, 5.41) is 3.04. The number of nitrogens with one attached hydrogen (secondary N) is 1. The molecule has 0 unspecified atom stereocenters. The number of carbonyl (C=O) groups is 1. The van der Waals surface area contributed by atoms with Crippen LogP contribution in [0.3, 0.4) is 0 Å². The Balaban J connectivity index is 1.25. The van der Waals surface area contributed by atoms with Crippen molar-refractivity contribution in [2.45, 2.75) is 120 Å². The fourth-order valence-corrected chi connectivity index (χ4v) is 6.32. The molecule has 1 aromatic rings. The molecule has 36 heavy (non-hydrogen) atoms. The van der Waals surface area contributed by atoms with Crippen LogP contribution in [0.25, 0.3) is 0 Å². The Kier molecular flexibility index (Phi) is 6.75. The molecule has 198 valence electrons. The summed E-state index contributed by atoms with van der Waals surface area (Å²) in [6, 6.07) is 7.49. The van der Waals surface area contributed by atoms with E-state index in [0.29, 0.717) is 24.0 Å². The highest BCUT2D eigenvalue weighted by Crippen LogP contribution is 2.51. The molecule has 8 heteroatoms. The maximum Gasteiger partial charge on any atom is 0.256 e. The van der Waals surface area contributed by atoms with Gasteiger partial charge in [0.25, 0.3) is 5.91 Å². The summed E-state index contributed by atoms with van der Waals surface area (Å²) in [6.07, 6.45) is 6.99. The summed E-state index contributed by atoms with van der Waals surface area (Å²) in [4.78, 5) is 13.7. The quantitative estimate of drug-likeness (QED) is 0.614.